The van der Waals surface area contributed by atoms with Gasteiger partial charge in [-0.25, -0.2) is 4.98 Å². The summed E-state index contributed by atoms with van der Waals surface area (Å²) in [6.07, 6.45) is 9.11. The van der Waals surface area contributed by atoms with Gasteiger partial charge < -0.3 is 5.32 Å². The van der Waals surface area contributed by atoms with E-state index in [9.17, 15) is 0 Å². The molecule has 1 N–H and O–H groups in total. The number of aromatic nitrogens is 1. The quantitative estimate of drug-likeness (QED) is 0.878. The molecule has 1 saturated carbocycles. The van der Waals surface area contributed by atoms with Crippen molar-refractivity contribution in [1.29, 1.82) is 0 Å². The molecule has 100 valence electrons. The maximum atomic E-state index is 5.03. The van der Waals surface area contributed by atoms with Crippen molar-refractivity contribution < 1.29 is 0 Å². The highest BCUT2D eigenvalue weighted by Crippen LogP contribution is 2.49. The number of hydrogen-bond acceptors (Lipinski definition) is 3. The molecule has 0 aliphatic heterocycles. The molecular weight excluding hydrogens is 240 g/mol. The normalized spacial score (nSPS) is 22.6. The van der Waals surface area contributed by atoms with Gasteiger partial charge in [-0.1, -0.05) is 13.8 Å². The van der Waals surface area contributed by atoms with Crippen molar-refractivity contribution in [3.8, 4) is 0 Å². The Kier molecular flexibility index (Phi) is 3.46. The molecule has 3 rings (SSSR count). The molecule has 1 unspecified atom stereocenters. The van der Waals surface area contributed by atoms with Gasteiger partial charge in [0, 0.05) is 4.88 Å². The van der Waals surface area contributed by atoms with E-state index >= 15 is 0 Å². The lowest BCUT2D eigenvalue weighted by atomic mass is 9.90. The molecule has 1 heterocycles. The first kappa shape index (κ1) is 12.6. The lowest BCUT2D eigenvalue weighted by molar-refractivity contribution is 0.280. The number of aryl methyl sites for hydroxylation is 2. The molecule has 1 fully saturated rings. The predicted molar refractivity (Wildman–Crippen MR) is 77.1 cm³/mol. The molecule has 0 amide bonds. The van der Waals surface area contributed by atoms with Crippen LogP contribution in [-0.4, -0.2) is 11.5 Å². The molecule has 2 aliphatic carbocycles. The first-order valence-corrected chi connectivity index (χ1v) is 8.36. The second-order valence-electron chi connectivity index (χ2n) is 5.73. The van der Waals surface area contributed by atoms with E-state index in [0.29, 0.717) is 0 Å². The van der Waals surface area contributed by atoms with E-state index in [0.717, 1.165) is 12.5 Å². The lowest BCUT2D eigenvalue weighted by Gasteiger charge is -2.32. The fourth-order valence-electron chi connectivity index (χ4n) is 3.39. The van der Waals surface area contributed by atoms with Crippen LogP contribution in [0.15, 0.2) is 0 Å². The van der Waals surface area contributed by atoms with Crippen molar-refractivity contribution in [1.82, 2.24) is 10.3 Å². The van der Waals surface area contributed by atoms with Crippen molar-refractivity contribution in [3.05, 3.63) is 15.6 Å². The van der Waals surface area contributed by atoms with E-state index in [4.69, 9.17) is 4.98 Å². The summed E-state index contributed by atoms with van der Waals surface area (Å²) in [5.74, 6) is 0.829. The predicted octanol–water partition coefficient (Wildman–Crippen LogP) is 3.65. The SMILES string of the molecule is CCNC(CC)(c1nc2c(s1)CCCC2)C1CC1. The highest BCUT2D eigenvalue weighted by molar-refractivity contribution is 7.11. The average molecular weight is 264 g/mol. The van der Waals surface area contributed by atoms with Gasteiger partial charge in [-0.2, -0.15) is 0 Å². The smallest absolute Gasteiger partial charge is 0.114 e. The summed E-state index contributed by atoms with van der Waals surface area (Å²) in [6, 6.07) is 0. The summed E-state index contributed by atoms with van der Waals surface area (Å²) in [5, 5.41) is 5.17. The fourth-order valence-corrected chi connectivity index (χ4v) is 4.86. The Morgan fingerprint density at radius 3 is 2.67 bits per heavy atom. The topological polar surface area (TPSA) is 24.9 Å². The van der Waals surface area contributed by atoms with Gasteiger partial charge in [0.15, 0.2) is 0 Å². The largest absolute Gasteiger partial charge is 0.305 e. The van der Waals surface area contributed by atoms with E-state index in [-0.39, 0.29) is 5.54 Å². The number of hydrogen-bond donors (Lipinski definition) is 1. The third-order valence-electron chi connectivity index (χ3n) is 4.55. The van der Waals surface area contributed by atoms with E-state index in [1.54, 1.807) is 4.88 Å². The number of fused-ring (bicyclic) bond motifs is 1. The van der Waals surface area contributed by atoms with Crippen molar-refractivity contribution >= 4 is 11.3 Å². The monoisotopic (exact) mass is 264 g/mol. The summed E-state index contributed by atoms with van der Waals surface area (Å²) in [6.45, 7) is 5.59. The molecule has 0 bridgehead atoms. The molecule has 2 aliphatic rings. The molecule has 18 heavy (non-hydrogen) atoms. The number of nitrogens with zero attached hydrogens (tertiary/aromatic N) is 1. The minimum absolute atomic E-state index is 0.191. The van der Waals surface area contributed by atoms with Gasteiger partial charge in [0.25, 0.3) is 0 Å². The average Bonchev–Trinajstić information content (AvgIpc) is 3.15. The Morgan fingerprint density at radius 1 is 1.28 bits per heavy atom. The van der Waals surface area contributed by atoms with Crippen LogP contribution in [0.1, 0.15) is 61.5 Å². The number of nitrogens with one attached hydrogen (secondary N) is 1. The van der Waals surface area contributed by atoms with Gasteiger partial charge in [0.05, 0.1) is 11.2 Å². The van der Waals surface area contributed by atoms with E-state index in [1.165, 1.54) is 55.6 Å². The standard InChI is InChI=1S/C15H24N2S/c1-3-15(16-4-2,11-9-10-11)14-17-12-7-5-6-8-13(12)18-14/h11,16H,3-10H2,1-2H3. The second-order valence-corrected chi connectivity index (χ2v) is 6.81. The number of rotatable bonds is 5. The zero-order valence-electron chi connectivity index (χ0n) is 11.6. The van der Waals surface area contributed by atoms with Crippen LogP contribution in [0.3, 0.4) is 0 Å². The van der Waals surface area contributed by atoms with E-state index in [1.807, 2.05) is 11.3 Å². The minimum Gasteiger partial charge on any atom is -0.305 e. The van der Waals surface area contributed by atoms with Crippen LogP contribution in [0.4, 0.5) is 0 Å². The Labute approximate surface area is 114 Å². The Balaban J connectivity index is 1.96. The molecule has 1 atom stereocenters. The maximum Gasteiger partial charge on any atom is 0.114 e. The molecular formula is C15H24N2S. The molecule has 1 aromatic rings. The van der Waals surface area contributed by atoms with Crippen molar-refractivity contribution in [3.63, 3.8) is 0 Å². The van der Waals surface area contributed by atoms with Gasteiger partial charge in [-0.05, 0) is 57.4 Å². The highest BCUT2D eigenvalue weighted by Gasteiger charge is 2.47. The van der Waals surface area contributed by atoms with Crippen LogP contribution in [0.5, 0.6) is 0 Å². The molecule has 0 saturated heterocycles. The van der Waals surface area contributed by atoms with Crippen molar-refractivity contribution in [2.24, 2.45) is 5.92 Å². The highest BCUT2D eigenvalue weighted by atomic mass is 32.1. The van der Waals surface area contributed by atoms with Gasteiger partial charge in [0.1, 0.15) is 5.01 Å². The van der Waals surface area contributed by atoms with Gasteiger partial charge >= 0.3 is 0 Å². The lowest BCUT2D eigenvalue weighted by Crippen LogP contribution is -2.43. The molecule has 3 heteroatoms. The maximum absolute atomic E-state index is 5.03. The third-order valence-corrected chi connectivity index (χ3v) is 5.89. The van der Waals surface area contributed by atoms with Crippen LogP contribution < -0.4 is 5.32 Å². The van der Waals surface area contributed by atoms with E-state index < -0.39 is 0 Å². The molecule has 2 nitrogen and oxygen atoms in total. The zero-order valence-corrected chi connectivity index (χ0v) is 12.4. The molecule has 0 aromatic carbocycles. The first-order chi connectivity index (χ1) is 8.80. The van der Waals surface area contributed by atoms with Crippen molar-refractivity contribution in [2.75, 3.05) is 6.54 Å². The summed E-state index contributed by atoms with van der Waals surface area (Å²) in [5.41, 5.74) is 1.61. The molecule has 1 aromatic heterocycles. The van der Waals surface area contributed by atoms with Crippen LogP contribution in [0.25, 0.3) is 0 Å². The van der Waals surface area contributed by atoms with Crippen LogP contribution in [0, 0.1) is 5.92 Å². The summed E-state index contributed by atoms with van der Waals surface area (Å²) < 4.78 is 0. The Morgan fingerprint density at radius 2 is 2.06 bits per heavy atom. The Bertz CT molecular complexity index is 399. The summed E-state index contributed by atoms with van der Waals surface area (Å²) in [4.78, 5) is 6.61. The molecule has 0 spiro atoms. The molecule has 0 radical (unpaired) electrons. The van der Waals surface area contributed by atoms with Crippen LogP contribution in [0.2, 0.25) is 0 Å². The zero-order chi connectivity index (χ0) is 12.6. The summed E-state index contributed by atoms with van der Waals surface area (Å²) in [7, 11) is 0. The fraction of sp³-hybridized carbons (Fsp3) is 0.800. The summed E-state index contributed by atoms with van der Waals surface area (Å²) >= 11 is 2.00. The van der Waals surface area contributed by atoms with Gasteiger partial charge in [-0.15, -0.1) is 11.3 Å². The third kappa shape index (κ3) is 2.01. The van der Waals surface area contributed by atoms with Gasteiger partial charge in [-0.3, -0.25) is 0 Å². The van der Waals surface area contributed by atoms with Crippen LogP contribution in [-0.2, 0) is 18.4 Å². The van der Waals surface area contributed by atoms with Crippen molar-refractivity contribution in [2.45, 2.75) is 64.3 Å². The van der Waals surface area contributed by atoms with Crippen LogP contribution >= 0.6 is 11.3 Å². The Hall–Kier alpha value is -0.410. The van der Waals surface area contributed by atoms with Gasteiger partial charge in [0.2, 0.25) is 0 Å². The second kappa shape index (κ2) is 4.93. The minimum atomic E-state index is 0.191. The number of thiazole rings is 1. The first-order valence-electron chi connectivity index (χ1n) is 7.54. The van der Waals surface area contributed by atoms with E-state index in [2.05, 4.69) is 19.2 Å².